The largest absolute Gasteiger partial charge is 0.496 e. The Labute approximate surface area is 147 Å². The molecule has 0 aliphatic heterocycles. The summed E-state index contributed by atoms with van der Waals surface area (Å²) in [5.74, 6) is -0.372. The number of nitrogens with zero attached hydrogens (tertiary/aromatic N) is 1. The minimum Gasteiger partial charge on any atom is -0.496 e. The normalized spacial score (nSPS) is 14.5. The lowest BCUT2D eigenvalue weighted by molar-refractivity contribution is -0.137. The highest BCUT2D eigenvalue weighted by Gasteiger charge is 2.33. The van der Waals surface area contributed by atoms with Crippen molar-refractivity contribution in [2.75, 3.05) is 7.11 Å². The molecule has 1 aromatic heterocycles. The zero-order valence-corrected chi connectivity index (χ0v) is 14.0. The Bertz CT molecular complexity index is 928. The van der Waals surface area contributed by atoms with E-state index < -0.39 is 11.7 Å². The predicted octanol–water partition coefficient (Wildman–Crippen LogP) is 4.05. The number of carbonyl (C=O) groups excluding carboxylic acids is 2. The molecular weight excluding hydrogens is 347 g/mol. The fourth-order valence-corrected chi connectivity index (χ4v) is 2.87. The maximum atomic E-state index is 12.8. The number of aromatic nitrogens is 1. The summed E-state index contributed by atoms with van der Waals surface area (Å²) in [6, 6.07) is 6.86. The molecule has 0 saturated heterocycles. The fourth-order valence-electron chi connectivity index (χ4n) is 2.87. The van der Waals surface area contributed by atoms with Gasteiger partial charge in [0.1, 0.15) is 5.75 Å². The Morgan fingerprint density at radius 2 is 1.81 bits per heavy atom. The molecule has 1 aliphatic carbocycles. The maximum Gasteiger partial charge on any atom is 0.417 e. The summed E-state index contributed by atoms with van der Waals surface area (Å²) < 4.78 is 43.1. The number of pyridine rings is 1. The standard InChI is InChI=1S/C19H14F3NO3/c1-10-14(8-12-7-6-11(9-23-12)19(20,21)22)18(25)13-4-3-5-15(26-2)16(13)17(10)24/h3-7,9H,8H2,1-2H3. The number of hydrogen-bond acceptors (Lipinski definition) is 4. The molecule has 0 spiro atoms. The molecule has 2 aromatic rings. The first-order chi connectivity index (χ1) is 12.2. The third-order valence-corrected chi connectivity index (χ3v) is 4.30. The van der Waals surface area contributed by atoms with Gasteiger partial charge in [-0.2, -0.15) is 13.2 Å². The van der Waals surface area contributed by atoms with Gasteiger partial charge in [0, 0.05) is 35.0 Å². The lowest BCUT2D eigenvalue weighted by Crippen LogP contribution is -2.23. The Balaban J connectivity index is 1.97. The predicted molar refractivity (Wildman–Crippen MR) is 87.3 cm³/mol. The van der Waals surface area contributed by atoms with Crippen molar-refractivity contribution in [1.29, 1.82) is 0 Å². The van der Waals surface area contributed by atoms with Crippen molar-refractivity contribution in [2.24, 2.45) is 0 Å². The zero-order chi connectivity index (χ0) is 19.1. The van der Waals surface area contributed by atoms with Gasteiger partial charge in [-0.1, -0.05) is 12.1 Å². The number of Topliss-reactive ketones (excluding diaryl/α,β-unsaturated/α-hetero) is 2. The van der Waals surface area contributed by atoms with Gasteiger partial charge in [0.25, 0.3) is 0 Å². The van der Waals surface area contributed by atoms with Crippen molar-refractivity contribution >= 4 is 11.6 Å². The van der Waals surface area contributed by atoms with Crippen molar-refractivity contribution in [2.45, 2.75) is 19.5 Å². The van der Waals surface area contributed by atoms with Crippen LogP contribution in [0.2, 0.25) is 0 Å². The van der Waals surface area contributed by atoms with Crippen LogP contribution >= 0.6 is 0 Å². The van der Waals surface area contributed by atoms with Gasteiger partial charge in [-0.15, -0.1) is 0 Å². The Morgan fingerprint density at radius 3 is 2.38 bits per heavy atom. The van der Waals surface area contributed by atoms with Crippen LogP contribution in [0.5, 0.6) is 5.75 Å². The van der Waals surface area contributed by atoms with E-state index in [9.17, 15) is 22.8 Å². The van der Waals surface area contributed by atoms with E-state index >= 15 is 0 Å². The molecule has 4 nitrogen and oxygen atoms in total. The summed E-state index contributed by atoms with van der Waals surface area (Å²) in [7, 11) is 1.41. The highest BCUT2D eigenvalue weighted by molar-refractivity contribution is 6.27. The molecule has 0 radical (unpaired) electrons. The van der Waals surface area contributed by atoms with Crippen LogP contribution in [0.15, 0.2) is 47.7 Å². The van der Waals surface area contributed by atoms with Crippen LogP contribution in [0.3, 0.4) is 0 Å². The number of rotatable bonds is 3. The minimum atomic E-state index is -4.48. The second-order valence-corrected chi connectivity index (χ2v) is 5.86. The van der Waals surface area contributed by atoms with Gasteiger partial charge in [0.2, 0.25) is 0 Å². The van der Waals surface area contributed by atoms with Crippen LogP contribution in [0.25, 0.3) is 0 Å². The average Bonchev–Trinajstić information content (AvgIpc) is 2.62. The second kappa shape index (κ2) is 6.40. The first-order valence-corrected chi connectivity index (χ1v) is 7.72. The molecule has 0 atom stereocenters. The van der Waals surface area contributed by atoms with Gasteiger partial charge in [0.05, 0.1) is 18.2 Å². The smallest absolute Gasteiger partial charge is 0.417 e. The van der Waals surface area contributed by atoms with Gasteiger partial charge in [-0.05, 0) is 25.1 Å². The van der Waals surface area contributed by atoms with E-state index in [0.29, 0.717) is 5.75 Å². The maximum absolute atomic E-state index is 12.8. The number of halogens is 3. The fraction of sp³-hybridized carbons (Fsp3) is 0.211. The molecule has 3 rings (SSSR count). The van der Waals surface area contributed by atoms with E-state index in [1.54, 1.807) is 12.1 Å². The number of carbonyl (C=O) groups is 2. The first-order valence-electron chi connectivity index (χ1n) is 7.72. The van der Waals surface area contributed by atoms with Crippen molar-refractivity contribution in [3.8, 4) is 5.75 Å². The number of benzene rings is 1. The lowest BCUT2D eigenvalue weighted by Gasteiger charge is -2.20. The number of alkyl halides is 3. The summed E-state index contributed by atoms with van der Waals surface area (Å²) in [5.41, 5.74) is 0.313. The number of methoxy groups -OCH3 is 1. The van der Waals surface area contributed by atoms with Crippen molar-refractivity contribution in [3.05, 3.63) is 70.1 Å². The lowest BCUT2D eigenvalue weighted by atomic mass is 9.82. The minimum absolute atomic E-state index is 0.0226. The molecule has 0 N–H and O–H groups in total. The van der Waals surface area contributed by atoms with E-state index in [2.05, 4.69) is 4.98 Å². The summed E-state index contributed by atoms with van der Waals surface area (Å²) in [5, 5.41) is 0. The van der Waals surface area contributed by atoms with Crippen molar-refractivity contribution < 1.29 is 27.5 Å². The molecule has 0 unspecified atom stereocenters. The molecule has 7 heteroatoms. The van der Waals surface area contributed by atoms with E-state index in [4.69, 9.17) is 4.74 Å². The number of ketones is 2. The molecule has 0 bridgehead atoms. The average molecular weight is 361 g/mol. The molecule has 0 saturated carbocycles. The Morgan fingerprint density at radius 1 is 1.08 bits per heavy atom. The third kappa shape index (κ3) is 3.00. The topological polar surface area (TPSA) is 56.3 Å². The number of ether oxygens (including phenoxy) is 1. The van der Waals surface area contributed by atoms with Gasteiger partial charge in [-0.25, -0.2) is 0 Å². The quantitative estimate of drug-likeness (QED) is 0.828. The van der Waals surface area contributed by atoms with E-state index in [1.165, 1.54) is 26.2 Å². The van der Waals surface area contributed by atoms with Crippen LogP contribution < -0.4 is 4.74 Å². The summed E-state index contributed by atoms with van der Waals surface area (Å²) in [6.07, 6.45) is -3.78. The number of fused-ring (bicyclic) bond motifs is 1. The highest BCUT2D eigenvalue weighted by Crippen LogP contribution is 2.34. The van der Waals surface area contributed by atoms with Gasteiger partial charge >= 0.3 is 6.18 Å². The summed E-state index contributed by atoms with van der Waals surface area (Å²) >= 11 is 0. The zero-order valence-electron chi connectivity index (χ0n) is 14.0. The van der Waals surface area contributed by atoms with Crippen LogP contribution in [0.1, 0.15) is 38.9 Å². The monoisotopic (exact) mass is 361 g/mol. The molecule has 0 amide bonds. The molecule has 1 heterocycles. The van der Waals surface area contributed by atoms with Crippen LogP contribution in [0.4, 0.5) is 13.2 Å². The van der Waals surface area contributed by atoms with Crippen molar-refractivity contribution in [3.63, 3.8) is 0 Å². The van der Waals surface area contributed by atoms with Crippen LogP contribution in [-0.4, -0.2) is 23.7 Å². The van der Waals surface area contributed by atoms with Crippen LogP contribution in [-0.2, 0) is 12.6 Å². The third-order valence-electron chi connectivity index (χ3n) is 4.30. The van der Waals surface area contributed by atoms with E-state index in [-0.39, 0.29) is 46.0 Å². The SMILES string of the molecule is COc1cccc2c1C(=O)C(C)=C(Cc1ccc(C(F)(F)F)cn1)C2=O. The molecule has 0 fully saturated rings. The molecule has 134 valence electrons. The highest BCUT2D eigenvalue weighted by atomic mass is 19.4. The van der Waals surface area contributed by atoms with E-state index in [0.717, 1.165) is 12.3 Å². The van der Waals surface area contributed by atoms with E-state index in [1.807, 2.05) is 0 Å². The Kier molecular flexibility index (Phi) is 4.39. The van der Waals surface area contributed by atoms with Gasteiger partial charge < -0.3 is 4.74 Å². The van der Waals surface area contributed by atoms with Gasteiger partial charge in [0.15, 0.2) is 11.6 Å². The first kappa shape index (κ1) is 17.8. The second-order valence-electron chi connectivity index (χ2n) is 5.86. The summed E-state index contributed by atoms with van der Waals surface area (Å²) in [4.78, 5) is 29.2. The molecule has 1 aliphatic rings. The number of hydrogen-bond donors (Lipinski definition) is 0. The summed E-state index contributed by atoms with van der Waals surface area (Å²) in [6.45, 7) is 1.52. The van der Waals surface area contributed by atoms with Crippen molar-refractivity contribution in [1.82, 2.24) is 4.98 Å². The molecule has 1 aromatic carbocycles. The molecular formula is C19H14F3NO3. The van der Waals surface area contributed by atoms with Crippen LogP contribution in [0, 0.1) is 0 Å². The number of allylic oxidation sites excluding steroid dienone is 2. The Hall–Kier alpha value is -2.96. The molecule has 26 heavy (non-hydrogen) atoms. The van der Waals surface area contributed by atoms with Gasteiger partial charge in [-0.3, -0.25) is 14.6 Å².